The van der Waals surface area contributed by atoms with Gasteiger partial charge in [0.15, 0.2) is 0 Å². The van der Waals surface area contributed by atoms with E-state index >= 15 is 0 Å². The number of hydrogen-bond donors (Lipinski definition) is 1. The monoisotopic (exact) mass is 304 g/mol. The largest absolute Gasteiger partial charge is 0.329 e. The lowest BCUT2D eigenvalue weighted by Crippen LogP contribution is -2.68. The van der Waals surface area contributed by atoms with Gasteiger partial charge in [0.05, 0.1) is 0 Å². The molecular formula is C18H28N2S. The van der Waals surface area contributed by atoms with E-state index in [-0.39, 0.29) is 0 Å². The van der Waals surface area contributed by atoms with Gasteiger partial charge in [-0.2, -0.15) is 0 Å². The second-order valence-electron chi connectivity index (χ2n) is 7.75. The highest BCUT2D eigenvalue weighted by molar-refractivity contribution is 7.09. The summed E-state index contributed by atoms with van der Waals surface area (Å²) < 4.78 is 0. The molecule has 116 valence electrons. The quantitative estimate of drug-likeness (QED) is 0.903. The third-order valence-corrected chi connectivity index (χ3v) is 7.80. The molecule has 4 aliphatic carbocycles. The fourth-order valence-corrected chi connectivity index (χ4v) is 6.75. The minimum Gasteiger partial charge on any atom is -0.329 e. The molecule has 0 saturated heterocycles. The Morgan fingerprint density at radius 1 is 1.19 bits per heavy atom. The highest BCUT2D eigenvalue weighted by atomic mass is 32.1. The number of rotatable bonds is 5. The van der Waals surface area contributed by atoms with Gasteiger partial charge in [-0.15, -0.1) is 11.3 Å². The Labute approximate surface area is 132 Å². The lowest BCUT2D eigenvalue weighted by molar-refractivity contribution is -0.122. The van der Waals surface area contributed by atoms with Gasteiger partial charge in [-0.05, 0) is 80.7 Å². The highest BCUT2D eigenvalue weighted by Crippen LogP contribution is 2.59. The van der Waals surface area contributed by atoms with Crippen molar-refractivity contribution in [2.45, 2.75) is 44.1 Å². The standard InChI is InChI=1S/C18H28N2S/c1-20(5-4-17-3-2-6-21-17)18(12-19)15-8-13-7-14(10-15)11-16(18)9-13/h2-3,6,13-16H,4-5,7-12,19H2,1H3. The van der Waals surface area contributed by atoms with Crippen LogP contribution in [0.4, 0.5) is 0 Å². The number of thiophene rings is 1. The summed E-state index contributed by atoms with van der Waals surface area (Å²) in [5, 5.41) is 2.19. The molecule has 1 aromatic heterocycles. The molecule has 4 aliphatic rings. The van der Waals surface area contributed by atoms with E-state index in [1.165, 1.54) is 49.9 Å². The number of nitrogens with zero attached hydrogens (tertiary/aromatic N) is 1. The molecule has 0 spiro atoms. The first-order chi connectivity index (χ1) is 10.2. The molecule has 3 heteroatoms. The zero-order valence-electron chi connectivity index (χ0n) is 13.1. The van der Waals surface area contributed by atoms with Gasteiger partial charge in [-0.1, -0.05) is 6.07 Å². The maximum absolute atomic E-state index is 6.40. The zero-order chi connectivity index (χ0) is 14.4. The summed E-state index contributed by atoms with van der Waals surface area (Å²) >= 11 is 1.89. The minimum absolute atomic E-state index is 0.310. The molecule has 4 bridgehead atoms. The molecule has 0 atom stereocenters. The molecular weight excluding hydrogens is 276 g/mol. The first-order valence-electron chi connectivity index (χ1n) is 8.66. The molecule has 0 radical (unpaired) electrons. The van der Waals surface area contributed by atoms with Gasteiger partial charge in [0.1, 0.15) is 0 Å². The molecule has 1 aromatic rings. The summed E-state index contributed by atoms with van der Waals surface area (Å²) in [7, 11) is 2.35. The van der Waals surface area contributed by atoms with Crippen molar-refractivity contribution < 1.29 is 0 Å². The molecule has 2 nitrogen and oxygen atoms in total. The molecule has 0 unspecified atom stereocenters. The summed E-state index contributed by atoms with van der Waals surface area (Å²) in [6.07, 6.45) is 8.51. The van der Waals surface area contributed by atoms with Crippen LogP contribution in [0.5, 0.6) is 0 Å². The second kappa shape index (κ2) is 5.36. The fourth-order valence-electron chi connectivity index (χ4n) is 6.05. The van der Waals surface area contributed by atoms with Gasteiger partial charge < -0.3 is 5.73 Å². The molecule has 1 heterocycles. The Kier molecular flexibility index (Phi) is 3.63. The highest BCUT2D eigenvalue weighted by Gasteiger charge is 2.57. The summed E-state index contributed by atoms with van der Waals surface area (Å²) in [5.74, 6) is 3.79. The summed E-state index contributed by atoms with van der Waals surface area (Å²) in [4.78, 5) is 4.18. The van der Waals surface area contributed by atoms with Crippen LogP contribution in [0.15, 0.2) is 17.5 Å². The van der Waals surface area contributed by atoms with Crippen LogP contribution in [0, 0.1) is 23.7 Å². The molecule has 4 saturated carbocycles. The number of likely N-dealkylation sites (N-methyl/N-ethyl adjacent to an activating group) is 1. The van der Waals surface area contributed by atoms with Crippen LogP contribution >= 0.6 is 11.3 Å². The molecule has 4 fully saturated rings. The lowest BCUT2D eigenvalue weighted by Gasteiger charge is -2.64. The van der Waals surface area contributed by atoms with Gasteiger partial charge in [0.25, 0.3) is 0 Å². The van der Waals surface area contributed by atoms with Crippen LogP contribution in [-0.4, -0.2) is 30.6 Å². The van der Waals surface area contributed by atoms with Crippen LogP contribution in [0.2, 0.25) is 0 Å². The fraction of sp³-hybridized carbons (Fsp3) is 0.778. The Morgan fingerprint density at radius 3 is 2.38 bits per heavy atom. The maximum Gasteiger partial charge on any atom is 0.0385 e. The van der Waals surface area contributed by atoms with E-state index in [1.54, 1.807) is 0 Å². The third kappa shape index (κ3) is 2.20. The molecule has 2 N–H and O–H groups in total. The van der Waals surface area contributed by atoms with Gasteiger partial charge in [-0.3, -0.25) is 4.90 Å². The summed E-state index contributed by atoms with van der Waals surface area (Å²) in [6, 6.07) is 4.44. The van der Waals surface area contributed by atoms with E-state index in [9.17, 15) is 0 Å². The Morgan fingerprint density at radius 2 is 1.86 bits per heavy atom. The Balaban J connectivity index is 1.52. The van der Waals surface area contributed by atoms with Crippen molar-refractivity contribution in [1.82, 2.24) is 4.90 Å². The van der Waals surface area contributed by atoms with Gasteiger partial charge >= 0.3 is 0 Å². The van der Waals surface area contributed by atoms with Gasteiger partial charge in [-0.25, -0.2) is 0 Å². The van der Waals surface area contributed by atoms with E-state index in [2.05, 4.69) is 29.5 Å². The number of hydrogen-bond acceptors (Lipinski definition) is 3. The predicted molar refractivity (Wildman–Crippen MR) is 89.5 cm³/mol. The molecule has 0 amide bonds. The van der Waals surface area contributed by atoms with Gasteiger partial charge in [0, 0.05) is 23.5 Å². The van der Waals surface area contributed by atoms with Crippen molar-refractivity contribution in [1.29, 1.82) is 0 Å². The SMILES string of the molecule is CN(CCc1cccs1)C1(CN)C2CC3CC(C2)CC1C3. The third-order valence-electron chi connectivity index (χ3n) is 6.86. The van der Waals surface area contributed by atoms with Crippen LogP contribution in [0.25, 0.3) is 0 Å². The van der Waals surface area contributed by atoms with Crippen molar-refractivity contribution in [3.8, 4) is 0 Å². The Bertz CT molecular complexity index is 453. The van der Waals surface area contributed by atoms with E-state index in [4.69, 9.17) is 5.73 Å². The number of nitrogens with two attached hydrogens (primary N) is 1. The van der Waals surface area contributed by atoms with Crippen LogP contribution < -0.4 is 5.73 Å². The second-order valence-corrected chi connectivity index (χ2v) is 8.78. The minimum atomic E-state index is 0.310. The van der Waals surface area contributed by atoms with E-state index in [0.29, 0.717) is 5.54 Å². The normalized spacial score (nSPS) is 41.1. The van der Waals surface area contributed by atoms with Crippen molar-refractivity contribution in [2.24, 2.45) is 29.4 Å². The predicted octanol–water partition coefficient (Wildman–Crippen LogP) is 3.38. The van der Waals surface area contributed by atoms with Crippen molar-refractivity contribution >= 4 is 11.3 Å². The smallest absolute Gasteiger partial charge is 0.0385 e. The maximum atomic E-state index is 6.40. The average Bonchev–Trinajstić information content (AvgIpc) is 2.98. The van der Waals surface area contributed by atoms with Crippen molar-refractivity contribution in [3.63, 3.8) is 0 Å². The topological polar surface area (TPSA) is 29.3 Å². The van der Waals surface area contributed by atoms with Crippen molar-refractivity contribution in [3.05, 3.63) is 22.4 Å². The van der Waals surface area contributed by atoms with E-state index < -0.39 is 0 Å². The molecule has 21 heavy (non-hydrogen) atoms. The average molecular weight is 305 g/mol. The molecule has 5 rings (SSSR count). The van der Waals surface area contributed by atoms with Crippen molar-refractivity contribution in [2.75, 3.05) is 20.1 Å². The van der Waals surface area contributed by atoms with Crippen LogP contribution in [0.1, 0.15) is 37.0 Å². The molecule has 0 aromatic carbocycles. The lowest BCUT2D eigenvalue weighted by atomic mass is 9.48. The first kappa shape index (κ1) is 14.2. The van der Waals surface area contributed by atoms with E-state index in [0.717, 1.165) is 30.2 Å². The summed E-state index contributed by atoms with van der Waals surface area (Å²) in [5.41, 5.74) is 6.71. The first-order valence-corrected chi connectivity index (χ1v) is 9.54. The summed E-state index contributed by atoms with van der Waals surface area (Å²) in [6.45, 7) is 2.03. The van der Waals surface area contributed by atoms with Crippen LogP contribution in [0.3, 0.4) is 0 Å². The van der Waals surface area contributed by atoms with E-state index in [1.807, 2.05) is 11.3 Å². The Hall–Kier alpha value is -0.380. The zero-order valence-corrected chi connectivity index (χ0v) is 13.9. The molecule has 0 aliphatic heterocycles. The van der Waals surface area contributed by atoms with Gasteiger partial charge in [0.2, 0.25) is 0 Å². The van der Waals surface area contributed by atoms with Crippen LogP contribution in [-0.2, 0) is 6.42 Å².